The van der Waals surface area contributed by atoms with Crippen LogP contribution < -0.4 is 0 Å². The number of aromatic nitrogens is 2. The van der Waals surface area contributed by atoms with Crippen LogP contribution in [0.25, 0.3) is 76.9 Å². The maximum atomic E-state index is 9.57. The number of furan rings is 1. The molecule has 9 aromatic rings. The fourth-order valence-corrected chi connectivity index (χ4v) is 8.21. The highest BCUT2D eigenvalue weighted by atomic mass is 28.3. The molecule has 4 nitrogen and oxygen atoms in total. The maximum Gasteiger partial charge on any atom is 0.135 e. The molecular weight excluding hydrogens is 567 g/mol. The molecular formula is C40H28N3OSi. The van der Waals surface area contributed by atoms with Gasteiger partial charge in [-0.25, -0.2) is 0 Å². The molecule has 0 aliphatic rings. The molecule has 0 fully saturated rings. The van der Waals surface area contributed by atoms with E-state index < -0.39 is 0 Å². The number of fused-ring (bicyclic) bond motifs is 9. The topological polar surface area (TPSA) is 46.8 Å². The van der Waals surface area contributed by atoms with Crippen molar-refractivity contribution in [2.75, 3.05) is 0 Å². The normalized spacial score (nSPS) is 12.0. The van der Waals surface area contributed by atoms with Crippen LogP contribution in [0.1, 0.15) is 11.1 Å². The zero-order chi connectivity index (χ0) is 30.2. The van der Waals surface area contributed by atoms with Crippen LogP contribution in [0.2, 0.25) is 13.1 Å². The van der Waals surface area contributed by atoms with Gasteiger partial charge in [0.2, 0.25) is 0 Å². The van der Waals surface area contributed by atoms with E-state index in [1.165, 1.54) is 33.4 Å². The Balaban J connectivity index is 1.27. The van der Waals surface area contributed by atoms with Crippen LogP contribution in [0.5, 0.6) is 0 Å². The van der Waals surface area contributed by atoms with E-state index in [2.05, 4.69) is 137 Å². The quantitative estimate of drug-likeness (QED) is 0.190. The highest BCUT2D eigenvalue weighted by molar-refractivity contribution is 6.55. The Morgan fingerprint density at radius 1 is 0.556 bits per heavy atom. The molecule has 0 unspecified atom stereocenters. The summed E-state index contributed by atoms with van der Waals surface area (Å²) in [7, 11) is -0.370. The number of nitriles is 1. The van der Waals surface area contributed by atoms with Crippen molar-refractivity contribution in [3.05, 3.63) is 132 Å². The highest BCUT2D eigenvalue weighted by Crippen LogP contribution is 2.38. The van der Waals surface area contributed by atoms with E-state index in [4.69, 9.17) is 4.42 Å². The molecule has 0 N–H and O–H groups in total. The Morgan fingerprint density at radius 3 is 1.67 bits per heavy atom. The fraction of sp³-hybridized carbons (Fsp3) is 0.0750. The van der Waals surface area contributed by atoms with Crippen molar-refractivity contribution in [3.8, 4) is 17.4 Å². The minimum absolute atomic E-state index is 0.370. The third-order valence-electron chi connectivity index (χ3n) is 9.05. The van der Waals surface area contributed by atoms with E-state index in [0.717, 1.165) is 55.1 Å². The van der Waals surface area contributed by atoms with E-state index in [9.17, 15) is 5.26 Å². The second-order valence-electron chi connectivity index (χ2n) is 12.2. The van der Waals surface area contributed by atoms with E-state index in [1.54, 1.807) is 0 Å². The van der Waals surface area contributed by atoms with Crippen molar-refractivity contribution >= 4 is 74.3 Å². The van der Waals surface area contributed by atoms with Crippen LogP contribution >= 0.6 is 0 Å². The minimum atomic E-state index is -0.370. The highest BCUT2D eigenvalue weighted by Gasteiger charge is 2.17. The van der Waals surface area contributed by atoms with Gasteiger partial charge >= 0.3 is 0 Å². The van der Waals surface area contributed by atoms with E-state index >= 15 is 0 Å². The van der Waals surface area contributed by atoms with Gasteiger partial charge in [-0.15, -0.1) is 0 Å². The first-order valence-electron chi connectivity index (χ1n) is 15.3. The van der Waals surface area contributed by atoms with Gasteiger partial charge in [-0.1, -0.05) is 61.1 Å². The van der Waals surface area contributed by atoms with Crippen LogP contribution in [0, 0.1) is 11.3 Å². The number of hydrogen-bond donors (Lipinski definition) is 0. The molecule has 1 radical (unpaired) electrons. The lowest BCUT2D eigenvalue weighted by atomic mass is 10.1. The Hall–Kier alpha value is -5.57. The van der Waals surface area contributed by atoms with Gasteiger partial charge < -0.3 is 13.6 Å². The first kappa shape index (κ1) is 25.9. The molecule has 0 saturated carbocycles. The Bertz CT molecular complexity index is 2680. The second-order valence-corrected chi connectivity index (χ2v) is 15.0. The second kappa shape index (κ2) is 9.72. The summed E-state index contributed by atoms with van der Waals surface area (Å²) in [6, 6.07) is 46.5. The van der Waals surface area contributed by atoms with Gasteiger partial charge in [-0.05, 0) is 84.9 Å². The maximum absolute atomic E-state index is 9.57. The van der Waals surface area contributed by atoms with Gasteiger partial charge in [0.05, 0.1) is 33.7 Å². The summed E-state index contributed by atoms with van der Waals surface area (Å²) in [4.78, 5) is 0. The summed E-state index contributed by atoms with van der Waals surface area (Å²) in [5.41, 5.74) is 10.6. The average Bonchev–Trinajstić information content (AvgIpc) is 3.71. The Labute approximate surface area is 261 Å². The monoisotopic (exact) mass is 594 g/mol. The van der Waals surface area contributed by atoms with Crippen molar-refractivity contribution in [1.82, 2.24) is 9.13 Å². The van der Waals surface area contributed by atoms with Crippen LogP contribution in [0.3, 0.4) is 0 Å². The van der Waals surface area contributed by atoms with Gasteiger partial charge in [-0.2, -0.15) is 5.26 Å². The van der Waals surface area contributed by atoms with Gasteiger partial charge in [-0.3, -0.25) is 0 Å². The molecule has 9 rings (SSSR count). The van der Waals surface area contributed by atoms with Crippen molar-refractivity contribution in [3.63, 3.8) is 0 Å². The molecule has 5 heteroatoms. The largest absolute Gasteiger partial charge is 0.456 e. The number of nitrogens with zero attached hydrogens (tertiary/aromatic N) is 3. The van der Waals surface area contributed by atoms with Crippen LogP contribution in [-0.2, 0) is 6.04 Å². The molecule has 0 amide bonds. The zero-order valence-corrected chi connectivity index (χ0v) is 26.0. The minimum Gasteiger partial charge on any atom is -0.456 e. The molecule has 0 saturated heterocycles. The summed E-state index contributed by atoms with van der Waals surface area (Å²) >= 11 is 0. The summed E-state index contributed by atoms with van der Waals surface area (Å²) in [6.07, 6.45) is 0. The number of benzene rings is 6. The molecule has 6 aromatic carbocycles. The molecule has 0 bridgehead atoms. The van der Waals surface area contributed by atoms with Gasteiger partial charge in [0, 0.05) is 52.5 Å². The SMILES string of the molecule is C[Si](C)Cc1ccc2c(c1)c1ccccc1n2-c1ccc2oc3ccc(-n4c5ccccc5c5cc(C#N)ccc54)cc3c2c1. The smallest absolute Gasteiger partial charge is 0.135 e. The summed E-state index contributed by atoms with van der Waals surface area (Å²) in [5.74, 6) is 0. The molecule has 0 aliphatic heterocycles. The molecule has 45 heavy (non-hydrogen) atoms. The lowest BCUT2D eigenvalue weighted by Crippen LogP contribution is -2.05. The first-order chi connectivity index (χ1) is 22.1. The predicted octanol–water partition coefficient (Wildman–Crippen LogP) is 10.5. The van der Waals surface area contributed by atoms with Crippen LogP contribution in [-0.4, -0.2) is 17.9 Å². The van der Waals surface area contributed by atoms with Gasteiger partial charge in [0.1, 0.15) is 11.2 Å². The number of hydrogen-bond acceptors (Lipinski definition) is 2. The van der Waals surface area contributed by atoms with Crippen molar-refractivity contribution in [2.45, 2.75) is 19.1 Å². The van der Waals surface area contributed by atoms with Crippen molar-refractivity contribution < 1.29 is 4.42 Å². The van der Waals surface area contributed by atoms with Gasteiger partial charge in [0.15, 0.2) is 0 Å². The summed E-state index contributed by atoms with van der Waals surface area (Å²) in [5, 5.41) is 16.5. The standard InChI is InChI=1S/C40H28N3OSi/c1-45(2)24-26-12-16-38-32(20-26)30-8-4-6-10-36(30)43(38)28-14-18-40-34(22-28)33-21-27(13-17-39(33)44-40)42-35-9-5-3-7-29(35)31-19-25(23-41)11-15-37(31)42/h3-22H,24H2,1-2H3. The van der Waals surface area contributed by atoms with Crippen LogP contribution in [0.4, 0.5) is 0 Å². The number of para-hydroxylation sites is 2. The fourth-order valence-electron chi connectivity index (χ4n) is 7.17. The Morgan fingerprint density at radius 2 is 1.09 bits per heavy atom. The molecule has 3 heterocycles. The van der Waals surface area contributed by atoms with Crippen molar-refractivity contribution in [2.24, 2.45) is 0 Å². The van der Waals surface area contributed by atoms with Gasteiger partial charge in [0.25, 0.3) is 0 Å². The third kappa shape index (κ3) is 3.89. The Kier molecular flexibility index (Phi) is 5.59. The molecule has 0 aliphatic carbocycles. The van der Waals surface area contributed by atoms with E-state index in [1.807, 2.05) is 12.1 Å². The molecule has 213 valence electrons. The average molecular weight is 595 g/mol. The predicted molar refractivity (Wildman–Crippen MR) is 188 cm³/mol. The molecule has 0 atom stereocenters. The van der Waals surface area contributed by atoms with Crippen molar-refractivity contribution in [1.29, 1.82) is 5.26 Å². The van der Waals surface area contributed by atoms with Crippen LogP contribution in [0.15, 0.2) is 126 Å². The molecule has 0 spiro atoms. The third-order valence-corrected chi connectivity index (χ3v) is 10.2. The zero-order valence-electron chi connectivity index (χ0n) is 25.0. The lowest BCUT2D eigenvalue weighted by Gasteiger charge is -2.09. The lowest BCUT2D eigenvalue weighted by molar-refractivity contribution is 0.669. The molecule has 3 aromatic heterocycles. The first-order valence-corrected chi connectivity index (χ1v) is 18.0. The van der Waals surface area contributed by atoms with E-state index in [0.29, 0.717) is 5.56 Å². The summed E-state index contributed by atoms with van der Waals surface area (Å²) in [6.45, 7) is 4.75. The van der Waals surface area contributed by atoms with E-state index in [-0.39, 0.29) is 8.80 Å². The summed E-state index contributed by atoms with van der Waals surface area (Å²) < 4.78 is 11.1. The number of rotatable bonds is 4.